The highest BCUT2D eigenvalue weighted by atomic mass is 35.5. The number of halogens is 1. The molecule has 2 rings (SSSR count). The SMILES string of the molecule is Cc1cc(C)cc(Oc2ccc(Cl)cc2C=O)c1. The molecule has 0 N–H and O–H groups in total. The first-order valence-corrected chi connectivity index (χ1v) is 5.97. The molecule has 3 heteroatoms. The second-order valence-corrected chi connectivity index (χ2v) is 4.66. The molecule has 0 aliphatic carbocycles. The Balaban J connectivity index is 2.36. The van der Waals surface area contributed by atoms with Crippen molar-refractivity contribution >= 4 is 17.9 Å². The standard InChI is InChI=1S/C15H13ClO2/c1-10-5-11(2)7-14(6-10)18-15-4-3-13(16)8-12(15)9-17/h3-9H,1-2H3. The fourth-order valence-corrected chi connectivity index (χ4v) is 2.00. The molecule has 0 aromatic heterocycles. The highest BCUT2D eigenvalue weighted by Gasteiger charge is 2.06. The van der Waals surface area contributed by atoms with Crippen LogP contribution in [0.2, 0.25) is 5.02 Å². The van der Waals surface area contributed by atoms with Gasteiger partial charge in [0, 0.05) is 5.02 Å². The Morgan fingerprint density at radius 2 is 1.72 bits per heavy atom. The van der Waals surface area contributed by atoms with Crippen LogP contribution in [-0.4, -0.2) is 6.29 Å². The molecule has 0 saturated carbocycles. The molecule has 0 bridgehead atoms. The summed E-state index contributed by atoms with van der Waals surface area (Å²) in [5, 5.41) is 0.518. The smallest absolute Gasteiger partial charge is 0.153 e. The van der Waals surface area contributed by atoms with Gasteiger partial charge in [0.05, 0.1) is 5.56 Å². The topological polar surface area (TPSA) is 26.3 Å². The van der Waals surface area contributed by atoms with Crippen LogP contribution in [0, 0.1) is 13.8 Å². The molecule has 0 atom stereocenters. The van der Waals surface area contributed by atoms with Gasteiger partial charge < -0.3 is 4.74 Å². The van der Waals surface area contributed by atoms with Crippen molar-refractivity contribution in [3.05, 3.63) is 58.1 Å². The minimum atomic E-state index is 0.446. The van der Waals surface area contributed by atoms with E-state index in [-0.39, 0.29) is 0 Å². The molecular weight excluding hydrogens is 248 g/mol. The van der Waals surface area contributed by atoms with E-state index in [0.29, 0.717) is 16.3 Å². The van der Waals surface area contributed by atoms with Gasteiger partial charge in [-0.25, -0.2) is 0 Å². The molecule has 92 valence electrons. The average Bonchev–Trinajstić information content (AvgIpc) is 2.30. The van der Waals surface area contributed by atoms with Crippen LogP contribution < -0.4 is 4.74 Å². The number of aryl methyl sites for hydroxylation is 2. The van der Waals surface area contributed by atoms with Crippen LogP contribution in [0.3, 0.4) is 0 Å². The van der Waals surface area contributed by atoms with Crippen molar-refractivity contribution in [1.29, 1.82) is 0 Å². The summed E-state index contributed by atoms with van der Waals surface area (Å²) in [6.07, 6.45) is 0.740. The van der Waals surface area contributed by atoms with Crippen LogP contribution in [0.25, 0.3) is 0 Å². The summed E-state index contributed by atoms with van der Waals surface area (Å²) in [5.41, 5.74) is 2.68. The van der Waals surface area contributed by atoms with Crippen molar-refractivity contribution in [3.8, 4) is 11.5 Å². The van der Waals surface area contributed by atoms with E-state index in [1.165, 1.54) is 0 Å². The van der Waals surface area contributed by atoms with E-state index in [1.54, 1.807) is 18.2 Å². The van der Waals surface area contributed by atoms with Crippen LogP contribution in [0.5, 0.6) is 11.5 Å². The molecule has 0 saturated heterocycles. The Hall–Kier alpha value is -1.80. The van der Waals surface area contributed by atoms with Crippen molar-refractivity contribution in [3.63, 3.8) is 0 Å². The molecule has 18 heavy (non-hydrogen) atoms. The van der Waals surface area contributed by atoms with Crippen molar-refractivity contribution in [2.24, 2.45) is 0 Å². The minimum absolute atomic E-state index is 0.446. The van der Waals surface area contributed by atoms with Crippen molar-refractivity contribution in [2.75, 3.05) is 0 Å². The predicted molar refractivity (Wildman–Crippen MR) is 72.8 cm³/mol. The molecule has 0 fully saturated rings. The Bertz CT molecular complexity index is 571. The molecule has 0 unspecified atom stereocenters. The molecule has 0 spiro atoms. The summed E-state index contributed by atoms with van der Waals surface area (Å²) < 4.78 is 5.73. The second kappa shape index (κ2) is 5.23. The Labute approximate surface area is 111 Å². The number of aldehydes is 1. The zero-order chi connectivity index (χ0) is 13.1. The first-order chi connectivity index (χ1) is 8.58. The van der Waals surface area contributed by atoms with Crippen molar-refractivity contribution in [1.82, 2.24) is 0 Å². The van der Waals surface area contributed by atoms with Gasteiger partial charge in [-0.2, -0.15) is 0 Å². The summed E-state index contributed by atoms with van der Waals surface area (Å²) in [6.45, 7) is 4.00. The van der Waals surface area contributed by atoms with Gasteiger partial charge in [0.2, 0.25) is 0 Å². The van der Waals surface area contributed by atoms with Crippen LogP contribution in [0.1, 0.15) is 21.5 Å². The molecule has 0 heterocycles. The average molecular weight is 261 g/mol. The number of rotatable bonds is 3. The van der Waals surface area contributed by atoms with Gasteiger partial charge in [-0.3, -0.25) is 4.79 Å². The van der Waals surface area contributed by atoms with Crippen LogP contribution in [0.4, 0.5) is 0 Å². The van der Waals surface area contributed by atoms with Crippen molar-refractivity contribution < 1.29 is 9.53 Å². The Kier molecular flexibility index (Phi) is 3.68. The largest absolute Gasteiger partial charge is 0.457 e. The monoisotopic (exact) mass is 260 g/mol. The number of ether oxygens (including phenoxy) is 1. The number of hydrogen-bond donors (Lipinski definition) is 0. The first-order valence-electron chi connectivity index (χ1n) is 5.59. The predicted octanol–water partition coefficient (Wildman–Crippen LogP) is 4.56. The molecule has 0 aliphatic rings. The lowest BCUT2D eigenvalue weighted by Gasteiger charge is -2.09. The fraction of sp³-hybridized carbons (Fsp3) is 0.133. The van der Waals surface area contributed by atoms with E-state index in [1.807, 2.05) is 26.0 Å². The maximum Gasteiger partial charge on any atom is 0.153 e. The molecule has 2 nitrogen and oxygen atoms in total. The third-order valence-electron chi connectivity index (χ3n) is 2.52. The summed E-state index contributed by atoms with van der Waals surface area (Å²) in [7, 11) is 0. The quantitative estimate of drug-likeness (QED) is 0.756. The van der Waals surface area contributed by atoms with Gasteiger partial charge in [-0.15, -0.1) is 0 Å². The normalized spacial score (nSPS) is 10.2. The first kappa shape index (κ1) is 12.7. The fourth-order valence-electron chi connectivity index (χ4n) is 1.82. The van der Waals surface area contributed by atoms with E-state index in [4.69, 9.17) is 16.3 Å². The van der Waals surface area contributed by atoms with E-state index in [2.05, 4.69) is 6.07 Å². The molecule has 0 aliphatic heterocycles. The Morgan fingerprint density at radius 1 is 1.06 bits per heavy atom. The summed E-state index contributed by atoms with van der Waals surface area (Å²) in [6, 6.07) is 10.9. The van der Waals surface area contributed by atoms with Crippen LogP contribution in [-0.2, 0) is 0 Å². The van der Waals surface area contributed by atoms with Crippen LogP contribution >= 0.6 is 11.6 Å². The van der Waals surface area contributed by atoms with Gasteiger partial charge in [-0.1, -0.05) is 17.7 Å². The van der Waals surface area contributed by atoms with Gasteiger partial charge >= 0.3 is 0 Å². The third-order valence-corrected chi connectivity index (χ3v) is 2.76. The summed E-state index contributed by atoms with van der Waals surface area (Å²) in [4.78, 5) is 11.0. The lowest BCUT2D eigenvalue weighted by atomic mass is 10.1. The zero-order valence-corrected chi connectivity index (χ0v) is 11.0. The number of carbonyl (C=O) groups excluding carboxylic acids is 1. The molecule has 0 radical (unpaired) electrons. The molecule has 2 aromatic rings. The highest BCUT2D eigenvalue weighted by molar-refractivity contribution is 6.30. The summed E-state index contributed by atoms with van der Waals surface area (Å²) in [5.74, 6) is 1.23. The van der Waals surface area contributed by atoms with E-state index in [0.717, 1.165) is 23.2 Å². The molecule has 2 aromatic carbocycles. The van der Waals surface area contributed by atoms with E-state index >= 15 is 0 Å². The maximum absolute atomic E-state index is 11.0. The maximum atomic E-state index is 11.0. The van der Waals surface area contributed by atoms with Crippen molar-refractivity contribution in [2.45, 2.75) is 13.8 Å². The second-order valence-electron chi connectivity index (χ2n) is 4.23. The lowest BCUT2D eigenvalue weighted by Crippen LogP contribution is -1.91. The number of carbonyl (C=O) groups is 1. The summed E-state index contributed by atoms with van der Waals surface area (Å²) >= 11 is 5.83. The third kappa shape index (κ3) is 2.90. The number of hydrogen-bond acceptors (Lipinski definition) is 2. The minimum Gasteiger partial charge on any atom is -0.457 e. The van der Waals surface area contributed by atoms with Gasteiger partial charge in [0.1, 0.15) is 11.5 Å². The van der Waals surface area contributed by atoms with Gasteiger partial charge in [-0.05, 0) is 55.3 Å². The number of benzene rings is 2. The highest BCUT2D eigenvalue weighted by Crippen LogP contribution is 2.28. The Morgan fingerprint density at radius 3 is 2.33 bits per heavy atom. The molecular formula is C15H13ClO2. The zero-order valence-electron chi connectivity index (χ0n) is 10.2. The van der Waals surface area contributed by atoms with E-state index < -0.39 is 0 Å². The van der Waals surface area contributed by atoms with Crippen LogP contribution in [0.15, 0.2) is 36.4 Å². The molecule has 0 amide bonds. The van der Waals surface area contributed by atoms with Gasteiger partial charge in [0.15, 0.2) is 6.29 Å². The lowest BCUT2D eigenvalue weighted by molar-refractivity contribution is 0.112. The van der Waals surface area contributed by atoms with E-state index in [9.17, 15) is 4.79 Å². The van der Waals surface area contributed by atoms with Gasteiger partial charge in [0.25, 0.3) is 0 Å².